The minimum absolute atomic E-state index is 0.0280. The van der Waals surface area contributed by atoms with Crippen LogP contribution in [0.1, 0.15) is 41.0 Å². The number of aryl methyl sites for hydroxylation is 1. The molecule has 2 aliphatic rings. The van der Waals surface area contributed by atoms with E-state index in [1.165, 1.54) is 0 Å². The number of methoxy groups -OCH3 is 1. The van der Waals surface area contributed by atoms with Crippen molar-refractivity contribution in [2.45, 2.75) is 44.2 Å². The van der Waals surface area contributed by atoms with Crippen molar-refractivity contribution in [3.05, 3.63) is 17.0 Å². The Morgan fingerprint density at radius 2 is 2.18 bits per heavy atom. The number of nitrogen functional groups attached to an aromatic ring is 1. The summed E-state index contributed by atoms with van der Waals surface area (Å²) in [6, 6.07) is -0.0540. The predicted octanol–water partition coefficient (Wildman–Crippen LogP) is 0.0443. The highest BCUT2D eigenvalue weighted by Gasteiger charge is 2.29. The van der Waals surface area contributed by atoms with E-state index < -0.39 is 0 Å². The molecule has 1 aliphatic heterocycles. The first kappa shape index (κ1) is 15.2. The SMILES string of the molecule is CO[C@@H]1CCNC[C@@H]1NC(=O)c1nc(N)nc2c1CCCC2. The number of anilines is 1. The summed E-state index contributed by atoms with van der Waals surface area (Å²) in [5.41, 5.74) is 8.08. The molecular formula is C15H23N5O2. The lowest BCUT2D eigenvalue weighted by Crippen LogP contribution is -2.54. The van der Waals surface area contributed by atoms with Crippen molar-refractivity contribution in [3.8, 4) is 0 Å². The first-order valence-electron chi connectivity index (χ1n) is 7.88. The average Bonchev–Trinajstić information content (AvgIpc) is 2.54. The number of fused-ring (bicyclic) bond motifs is 1. The Bertz CT molecular complexity index is 563. The van der Waals surface area contributed by atoms with Crippen LogP contribution in [0.4, 0.5) is 5.95 Å². The van der Waals surface area contributed by atoms with Crippen LogP contribution in [-0.4, -0.2) is 48.2 Å². The molecule has 7 nitrogen and oxygen atoms in total. The molecule has 1 fully saturated rings. The second kappa shape index (κ2) is 6.58. The normalized spacial score (nSPS) is 24.6. The Morgan fingerprint density at radius 1 is 1.36 bits per heavy atom. The summed E-state index contributed by atoms with van der Waals surface area (Å²) in [5, 5.41) is 6.32. The molecule has 2 atom stereocenters. The fourth-order valence-corrected chi connectivity index (χ4v) is 3.30. The van der Waals surface area contributed by atoms with Crippen molar-refractivity contribution < 1.29 is 9.53 Å². The number of amides is 1. The molecule has 0 aromatic carbocycles. The summed E-state index contributed by atoms with van der Waals surface area (Å²) in [5.74, 6) is -0.00105. The Kier molecular flexibility index (Phi) is 4.54. The zero-order valence-corrected chi connectivity index (χ0v) is 12.9. The van der Waals surface area contributed by atoms with Gasteiger partial charge in [0.1, 0.15) is 5.69 Å². The predicted molar refractivity (Wildman–Crippen MR) is 82.6 cm³/mol. The van der Waals surface area contributed by atoms with Crippen molar-refractivity contribution in [1.29, 1.82) is 0 Å². The number of nitrogens with one attached hydrogen (secondary N) is 2. The molecule has 1 aromatic heterocycles. The highest BCUT2D eigenvalue weighted by molar-refractivity contribution is 5.94. The van der Waals surface area contributed by atoms with E-state index in [4.69, 9.17) is 10.5 Å². The number of nitrogens with two attached hydrogens (primary N) is 1. The molecule has 7 heteroatoms. The van der Waals surface area contributed by atoms with Gasteiger partial charge in [-0.25, -0.2) is 9.97 Å². The number of carbonyl (C=O) groups excluding carboxylic acids is 1. The Balaban J connectivity index is 1.81. The summed E-state index contributed by atoms with van der Waals surface area (Å²) < 4.78 is 5.46. The summed E-state index contributed by atoms with van der Waals surface area (Å²) in [6.07, 6.45) is 4.77. The van der Waals surface area contributed by atoms with Gasteiger partial charge in [0, 0.05) is 24.9 Å². The van der Waals surface area contributed by atoms with Crippen molar-refractivity contribution >= 4 is 11.9 Å². The third-order valence-electron chi connectivity index (χ3n) is 4.45. The van der Waals surface area contributed by atoms with Gasteiger partial charge in [-0.15, -0.1) is 0 Å². The Morgan fingerprint density at radius 3 is 3.00 bits per heavy atom. The third-order valence-corrected chi connectivity index (χ3v) is 4.45. The van der Waals surface area contributed by atoms with E-state index in [1.54, 1.807) is 7.11 Å². The smallest absolute Gasteiger partial charge is 0.270 e. The maximum absolute atomic E-state index is 12.7. The van der Waals surface area contributed by atoms with Crippen LogP contribution < -0.4 is 16.4 Å². The van der Waals surface area contributed by atoms with Gasteiger partial charge in [0.2, 0.25) is 5.95 Å². The monoisotopic (exact) mass is 305 g/mol. The molecule has 3 rings (SSSR count). The minimum atomic E-state index is -0.178. The van der Waals surface area contributed by atoms with Gasteiger partial charge in [-0.1, -0.05) is 0 Å². The molecule has 1 amide bonds. The fraction of sp³-hybridized carbons (Fsp3) is 0.667. The number of hydrogen-bond acceptors (Lipinski definition) is 6. The zero-order chi connectivity index (χ0) is 15.5. The van der Waals surface area contributed by atoms with Gasteiger partial charge < -0.3 is 21.1 Å². The molecule has 1 aliphatic carbocycles. The number of ether oxygens (including phenoxy) is 1. The van der Waals surface area contributed by atoms with Gasteiger partial charge >= 0.3 is 0 Å². The molecule has 1 saturated heterocycles. The highest BCUT2D eigenvalue weighted by atomic mass is 16.5. The van der Waals surface area contributed by atoms with Gasteiger partial charge in [-0.2, -0.15) is 0 Å². The molecule has 0 saturated carbocycles. The van der Waals surface area contributed by atoms with E-state index in [-0.39, 0.29) is 24.0 Å². The largest absolute Gasteiger partial charge is 0.379 e. The van der Waals surface area contributed by atoms with E-state index >= 15 is 0 Å². The number of piperidine rings is 1. The number of hydrogen-bond donors (Lipinski definition) is 3. The Labute approximate surface area is 130 Å². The zero-order valence-electron chi connectivity index (χ0n) is 12.9. The minimum Gasteiger partial charge on any atom is -0.379 e. The number of nitrogens with zero attached hydrogens (tertiary/aromatic N) is 2. The number of rotatable bonds is 3. The van der Waals surface area contributed by atoms with E-state index in [0.29, 0.717) is 12.2 Å². The summed E-state index contributed by atoms with van der Waals surface area (Å²) in [6.45, 7) is 1.60. The molecule has 0 unspecified atom stereocenters. The molecule has 120 valence electrons. The van der Waals surface area contributed by atoms with Crippen molar-refractivity contribution in [2.75, 3.05) is 25.9 Å². The summed E-state index contributed by atoms with van der Waals surface area (Å²) in [4.78, 5) is 21.1. The molecule has 0 radical (unpaired) electrons. The standard InChI is InChI=1S/C15H23N5O2/c1-22-12-6-7-17-8-11(12)18-14(21)13-9-4-2-3-5-10(9)19-15(16)20-13/h11-12,17H,2-8H2,1H3,(H,18,21)(H2,16,19,20)/t11-,12+/m0/s1. The first-order chi connectivity index (χ1) is 10.7. The van der Waals surface area contributed by atoms with Crippen molar-refractivity contribution in [2.24, 2.45) is 0 Å². The van der Waals surface area contributed by atoms with Crippen LogP contribution in [0.5, 0.6) is 0 Å². The molecule has 2 heterocycles. The number of carbonyl (C=O) groups is 1. The highest BCUT2D eigenvalue weighted by Crippen LogP contribution is 2.23. The lowest BCUT2D eigenvalue weighted by Gasteiger charge is -2.31. The second-order valence-corrected chi connectivity index (χ2v) is 5.91. The van der Waals surface area contributed by atoms with Crippen LogP contribution in [0.15, 0.2) is 0 Å². The maximum atomic E-state index is 12.7. The van der Waals surface area contributed by atoms with E-state index in [9.17, 15) is 4.79 Å². The Hall–Kier alpha value is -1.73. The van der Waals surface area contributed by atoms with Crippen LogP contribution in [0.25, 0.3) is 0 Å². The van der Waals surface area contributed by atoms with E-state index in [1.807, 2.05) is 0 Å². The number of aromatic nitrogens is 2. The third kappa shape index (κ3) is 3.05. The molecule has 4 N–H and O–H groups in total. The van der Waals surface area contributed by atoms with Crippen molar-refractivity contribution in [1.82, 2.24) is 20.6 Å². The average molecular weight is 305 g/mol. The van der Waals surface area contributed by atoms with Crippen LogP contribution in [-0.2, 0) is 17.6 Å². The molecular weight excluding hydrogens is 282 g/mol. The van der Waals surface area contributed by atoms with Crippen LogP contribution in [0.3, 0.4) is 0 Å². The molecule has 0 spiro atoms. The quantitative estimate of drug-likeness (QED) is 0.729. The van der Waals surface area contributed by atoms with E-state index in [2.05, 4.69) is 20.6 Å². The molecule has 1 aromatic rings. The first-order valence-corrected chi connectivity index (χ1v) is 7.88. The summed E-state index contributed by atoms with van der Waals surface area (Å²) in [7, 11) is 1.68. The van der Waals surface area contributed by atoms with Crippen LogP contribution in [0.2, 0.25) is 0 Å². The van der Waals surface area contributed by atoms with E-state index in [0.717, 1.165) is 49.9 Å². The lowest BCUT2D eigenvalue weighted by molar-refractivity contribution is 0.0446. The molecule has 22 heavy (non-hydrogen) atoms. The van der Waals surface area contributed by atoms with Gasteiger partial charge in [-0.3, -0.25) is 4.79 Å². The van der Waals surface area contributed by atoms with Gasteiger partial charge in [0.25, 0.3) is 5.91 Å². The lowest BCUT2D eigenvalue weighted by atomic mass is 9.94. The van der Waals surface area contributed by atoms with Crippen molar-refractivity contribution in [3.63, 3.8) is 0 Å². The van der Waals surface area contributed by atoms with Gasteiger partial charge in [-0.05, 0) is 38.6 Å². The second-order valence-electron chi connectivity index (χ2n) is 5.91. The van der Waals surface area contributed by atoms with Crippen LogP contribution in [0, 0.1) is 0 Å². The van der Waals surface area contributed by atoms with Gasteiger partial charge in [0.05, 0.1) is 12.1 Å². The topological polar surface area (TPSA) is 102 Å². The summed E-state index contributed by atoms with van der Waals surface area (Å²) >= 11 is 0. The van der Waals surface area contributed by atoms with Gasteiger partial charge in [0.15, 0.2) is 0 Å². The maximum Gasteiger partial charge on any atom is 0.270 e. The van der Waals surface area contributed by atoms with Crippen LogP contribution >= 0.6 is 0 Å². The molecule has 0 bridgehead atoms. The fourth-order valence-electron chi connectivity index (χ4n) is 3.30.